The minimum atomic E-state index is -3.83. The number of aryl methyl sites for hydroxylation is 1. The van der Waals surface area contributed by atoms with E-state index in [0.717, 1.165) is 41.1 Å². The van der Waals surface area contributed by atoms with Crippen molar-refractivity contribution < 1.29 is 27.5 Å². The summed E-state index contributed by atoms with van der Waals surface area (Å²) in [5, 5.41) is 3.12. The van der Waals surface area contributed by atoms with Crippen molar-refractivity contribution in [1.29, 1.82) is 0 Å². The van der Waals surface area contributed by atoms with Crippen LogP contribution in [0.25, 0.3) is 0 Å². The number of anilines is 1. The van der Waals surface area contributed by atoms with Crippen LogP contribution in [0, 0.1) is 6.92 Å². The molecule has 4 rings (SSSR count). The molecule has 0 bridgehead atoms. The molecular weight excluding hydrogens is 518 g/mol. The number of amides is 2. The van der Waals surface area contributed by atoms with Crippen molar-refractivity contribution in [3.05, 3.63) is 53.6 Å². The molecule has 1 N–H and O–H groups in total. The fourth-order valence-corrected chi connectivity index (χ4v) is 6.12. The molecule has 1 aliphatic carbocycles. The second-order valence-electron chi connectivity index (χ2n) is 10.3. The fourth-order valence-electron chi connectivity index (χ4n) is 5.07. The molecule has 0 spiro atoms. The fraction of sp³-hybridized carbons (Fsp3) is 0.517. The predicted molar refractivity (Wildman–Crippen MR) is 150 cm³/mol. The first kappa shape index (κ1) is 28.7. The SMILES string of the molecule is CCS(=O)(=O)N(CC(=O)N(Cc1cccc(C)c1)[C@H](C)C(=O)NC1CCCCC1)c1ccc2c(c1)OCCO2. The van der Waals surface area contributed by atoms with E-state index in [-0.39, 0.29) is 24.2 Å². The molecule has 0 aromatic heterocycles. The van der Waals surface area contributed by atoms with E-state index in [1.165, 1.54) is 18.2 Å². The van der Waals surface area contributed by atoms with Gasteiger partial charge in [0, 0.05) is 18.7 Å². The maximum absolute atomic E-state index is 13.9. The summed E-state index contributed by atoms with van der Waals surface area (Å²) < 4.78 is 38.7. The summed E-state index contributed by atoms with van der Waals surface area (Å²) in [6.45, 7) is 5.71. The molecule has 2 aromatic rings. The second kappa shape index (κ2) is 12.7. The lowest BCUT2D eigenvalue weighted by Gasteiger charge is -2.33. The van der Waals surface area contributed by atoms with Gasteiger partial charge in [0.2, 0.25) is 21.8 Å². The van der Waals surface area contributed by atoms with E-state index in [1.54, 1.807) is 25.1 Å². The monoisotopic (exact) mass is 557 g/mol. The summed E-state index contributed by atoms with van der Waals surface area (Å²) in [6.07, 6.45) is 5.17. The second-order valence-corrected chi connectivity index (χ2v) is 12.4. The lowest BCUT2D eigenvalue weighted by Crippen LogP contribution is -2.53. The Labute approximate surface area is 231 Å². The van der Waals surface area contributed by atoms with Crippen molar-refractivity contribution in [3.8, 4) is 11.5 Å². The van der Waals surface area contributed by atoms with Gasteiger partial charge in [0.1, 0.15) is 25.8 Å². The first-order valence-electron chi connectivity index (χ1n) is 13.7. The Morgan fingerprint density at radius 2 is 1.74 bits per heavy atom. The van der Waals surface area contributed by atoms with E-state index in [4.69, 9.17) is 9.47 Å². The summed E-state index contributed by atoms with van der Waals surface area (Å²) in [6, 6.07) is 11.9. The van der Waals surface area contributed by atoms with Crippen LogP contribution in [0.1, 0.15) is 57.1 Å². The van der Waals surface area contributed by atoms with Gasteiger partial charge < -0.3 is 19.7 Å². The topological polar surface area (TPSA) is 105 Å². The number of sulfonamides is 1. The van der Waals surface area contributed by atoms with Crippen molar-refractivity contribution in [2.75, 3.05) is 29.8 Å². The standard InChI is InChI=1S/C29H39N3O6S/c1-4-39(35,36)32(25-13-14-26-27(18-25)38-16-15-37-26)20-28(33)31(19-23-10-8-9-21(2)17-23)22(3)29(34)30-24-11-6-5-7-12-24/h8-10,13-14,17-18,22,24H,4-7,11-12,15-16,19-20H2,1-3H3,(H,30,34)/t22-/m1/s1. The number of carbonyl (C=O) groups is 2. The smallest absolute Gasteiger partial charge is 0.244 e. The molecule has 212 valence electrons. The Morgan fingerprint density at radius 3 is 2.44 bits per heavy atom. The summed E-state index contributed by atoms with van der Waals surface area (Å²) in [5.41, 5.74) is 2.21. The van der Waals surface area contributed by atoms with Crippen LogP contribution in [0.4, 0.5) is 5.69 Å². The Balaban J connectivity index is 1.61. The molecule has 0 saturated heterocycles. The van der Waals surface area contributed by atoms with Gasteiger partial charge >= 0.3 is 0 Å². The lowest BCUT2D eigenvalue weighted by atomic mass is 9.95. The minimum Gasteiger partial charge on any atom is -0.486 e. The number of benzene rings is 2. The molecule has 10 heteroatoms. The highest BCUT2D eigenvalue weighted by Crippen LogP contribution is 2.35. The molecule has 1 saturated carbocycles. The van der Waals surface area contributed by atoms with Crippen LogP contribution in [0.2, 0.25) is 0 Å². The highest BCUT2D eigenvalue weighted by Gasteiger charge is 2.32. The molecule has 2 amide bonds. The van der Waals surface area contributed by atoms with Crippen molar-refractivity contribution >= 4 is 27.5 Å². The van der Waals surface area contributed by atoms with Gasteiger partial charge in [0.25, 0.3) is 0 Å². The van der Waals surface area contributed by atoms with Gasteiger partial charge in [-0.3, -0.25) is 13.9 Å². The Hall–Kier alpha value is -3.27. The number of nitrogens with one attached hydrogen (secondary N) is 1. The number of carbonyl (C=O) groups excluding carboxylic acids is 2. The van der Waals surface area contributed by atoms with Crippen LogP contribution in [0.3, 0.4) is 0 Å². The zero-order valence-electron chi connectivity index (χ0n) is 23.0. The van der Waals surface area contributed by atoms with Crippen LogP contribution in [0.5, 0.6) is 11.5 Å². The number of nitrogens with zero attached hydrogens (tertiary/aromatic N) is 2. The maximum Gasteiger partial charge on any atom is 0.244 e. The van der Waals surface area contributed by atoms with Crippen molar-refractivity contribution in [1.82, 2.24) is 10.2 Å². The van der Waals surface area contributed by atoms with Crippen molar-refractivity contribution in [3.63, 3.8) is 0 Å². The van der Waals surface area contributed by atoms with E-state index in [0.29, 0.717) is 30.4 Å². The summed E-state index contributed by atoms with van der Waals surface area (Å²) in [5.74, 6) is 0.0741. The highest BCUT2D eigenvalue weighted by molar-refractivity contribution is 7.92. The van der Waals surface area contributed by atoms with E-state index in [1.807, 2.05) is 31.2 Å². The van der Waals surface area contributed by atoms with Gasteiger partial charge in [-0.1, -0.05) is 49.1 Å². The lowest BCUT2D eigenvalue weighted by molar-refractivity contribution is -0.139. The Kier molecular flexibility index (Phi) is 9.37. The van der Waals surface area contributed by atoms with Crippen LogP contribution in [-0.2, 0) is 26.2 Å². The third-order valence-electron chi connectivity index (χ3n) is 7.35. The normalized spacial score (nSPS) is 16.3. The molecule has 1 fully saturated rings. The average Bonchev–Trinajstić information content (AvgIpc) is 2.94. The Morgan fingerprint density at radius 1 is 1.03 bits per heavy atom. The predicted octanol–water partition coefficient (Wildman–Crippen LogP) is 3.79. The molecule has 39 heavy (non-hydrogen) atoms. The van der Waals surface area contributed by atoms with Crippen LogP contribution in [0.15, 0.2) is 42.5 Å². The number of hydrogen-bond acceptors (Lipinski definition) is 6. The molecule has 0 unspecified atom stereocenters. The molecule has 9 nitrogen and oxygen atoms in total. The number of ether oxygens (including phenoxy) is 2. The van der Waals surface area contributed by atoms with Crippen molar-refractivity contribution in [2.24, 2.45) is 0 Å². The van der Waals surface area contributed by atoms with E-state index >= 15 is 0 Å². The van der Waals surface area contributed by atoms with Gasteiger partial charge in [-0.25, -0.2) is 8.42 Å². The third kappa shape index (κ3) is 7.23. The summed E-state index contributed by atoms with van der Waals surface area (Å²) in [4.78, 5) is 28.7. The summed E-state index contributed by atoms with van der Waals surface area (Å²) >= 11 is 0. The molecule has 1 heterocycles. The van der Waals surface area contributed by atoms with Gasteiger partial charge in [-0.2, -0.15) is 0 Å². The molecule has 2 aliphatic rings. The molecular formula is C29H39N3O6S. The van der Waals surface area contributed by atoms with Crippen molar-refractivity contribution in [2.45, 2.75) is 71.5 Å². The van der Waals surface area contributed by atoms with Gasteiger partial charge in [0.05, 0.1) is 11.4 Å². The van der Waals surface area contributed by atoms with Crippen LogP contribution < -0.4 is 19.1 Å². The van der Waals surface area contributed by atoms with Gasteiger partial charge in [-0.05, 0) is 51.3 Å². The zero-order valence-corrected chi connectivity index (χ0v) is 23.8. The minimum absolute atomic E-state index is 0.0966. The maximum atomic E-state index is 13.9. The third-order valence-corrected chi connectivity index (χ3v) is 9.09. The number of rotatable bonds is 10. The van der Waals surface area contributed by atoms with Crippen LogP contribution in [-0.4, -0.2) is 62.7 Å². The first-order chi connectivity index (χ1) is 18.7. The molecule has 1 atom stereocenters. The molecule has 1 aliphatic heterocycles. The average molecular weight is 558 g/mol. The first-order valence-corrected chi connectivity index (χ1v) is 15.3. The van der Waals surface area contributed by atoms with E-state index in [2.05, 4.69) is 5.32 Å². The number of hydrogen-bond donors (Lipinski definition) is 1. The van der Waals surface area contributed by atoms with Gasteiger partial charge in [-0.15, -0.1) is 0 Å². The zero-order chi connectivity index (χ0) is 28.0. The molecule has 0 radical (unpaired) electrons. The van der Waals surface area contributed by atoms with E-state index in [9.17, 15) is 18.0 Å². The van der Waals surface area contributed by atoms with Gasteiger partial charge in [0.15, 0.2) is 11.5 Å². The largest absolute Gasteiger partial charge is 0.486 e. The van der Waals surface area contributed by atoms with E-state index < -0.39 is 28.5 Å². The molecule has 2 aromatic carbocycles. The summed E-state index contributed by atoms with van der Waals surface area (Å²) in [7, 11) is -3.83. The quantitative estimate of drug-likeness (QED) is 0.477. The Bertz CT molecular complexity index is 1280. The highest BCUT2D eigenvalue weighted by atomic mass is 32.2. The van der Waals surface area contributed by atoms with Crippen LogP contribution >= 0.6 is 0 Å². The number of fused-ring (bicyclic) bond motifs is 1.